The maximum atomic E-state index is 11.0. The van der Waals surface area contributed by atoms with Gasteiger partial charge in [-0.2, -0.15) is 0 Å². The fraction of sp³-hybridized carbons (Fsp3) is 0.833. The van der Waals surface area contributed by atoms with E-state index >= 15 is 0 Å². The third-order valence-electron chi connectivity index (χ3n) is 2.96. The molecule has 1 rings (SSSR count). The van der Waals surface area contributed by atoms with Crippen LogP contribution in [0.15, 0.2) is 0 Å². The van der Waals surface area contributed by atoms with Crippen molar-refractivity contribution in [3.8, 4) is 0 Å². The Hall–Kier alpha value is -1.10. The van der Waals surface area contributed by atoms with Crippen molar-refractivity contribution < 1.29 is 23.8 Å². The Kier molecular flexibility index (Phi) is 4.93. The summed E-state index contributed by atoms with van der Waals surface area (Å²) >= 11 is 0. The molecule has 98 valence electrons. The van der Waals surface area contributed by atoms with Crippen LogP contribution in [0.2, 0.25) is 0 Å². The molecule has 0 unspecified atom stereocenters. The molecule has 0 aromatic heterocycles. The van der Waals surface area contributed by atoms with E-state index in [2.05, 4.69) is 13.8 Å². The van der Waals surface area contributed by atoms with Crippen LogP contribution in [0.4, 0.5) is 0 Å². The van der Waals surface area contributed by atoms with Gasteiger partial charge in [-0.3, -0.25) is 9.59 Å². The van der Waals surface area contributed by atoms with Gasteiger partial charge in [0.1, 0.15) is 0 Å². The van der Waals surface area contributed by atoms with Crippen molar-refractivity contribution in [1.29, 1.82) is 0 Å². The molecule has 5 nitrogen and oxygen atoms in total. The number of carbonyl (C=O) groups excluding carboxylic acids is 2. The van der Waals surface area contributed by atoms with Gasteiger partial charge in [-0.15, -0.1) is 0 Å². The third kappa shape index (κ3) is 4.00. The van der Waals surface area contributed by atoms with Crippen molar-refractivity contribution >= 4 is 11.9 Å². The molecule has 1 aliphatic rings. The molecule has 5 heteroatoms. The van der Waals surface area contributed by atoms with Crippen molar-refractivity contribution in [1.82, 2.24) is 0 Å². The fourth-order valence-electron chi connectivity index (χ4n) is 1.87. The van der Waals surface area contributed by atoms with Crippen LogP contribution < -0.4 is 0 Å². The summed E-state index contributed by atoms with van der Waals surface area (Å²) in [6.07, 6.45) is 0.246. The van der Waals surface area contributed by atoms with Crippen LogP contribution in [0.3, 0.4) is 0 Å². The van der Waals surface area contributed by atoms with Crippen molar-refractivity contribution in [3.63, 3.8) is 0 Å². The molecule has 0 N–H and O–H groups in total. The van der Waals surface area contributed by atoms with Crippen LogP contribution >= 0.6 is 0 Å². The van der Waals surface area contributed by atoms with Crippen LogP contribution in [-0.4, -0.2) is 30.4 Å². The number of rotatable bonds is 4. The van der Waals surface area contributed by atoms with Gasteiger partial charge in [0, 0.05) is 20.3 Å². The Bertz CT molecular complexity index is 265. The topological polar surface area (TPSA) is 61.8 Å². The second kappa shape index (κ2) is 6.00. The van der Waals surface area contributed by atoms with Crippen molar-refractivity contribution in [2.24, 2.45) is 5.92 Å². The number of carbonyl (C=O) groups is 2. The first-order valence-corrected chi connectivity index (χ1v) is 5.94. The average Bonchev–Trinajstić information content (AvgIpc) is 2.58. The monoisotopic (exact) mass is 244 g/mol. The van der Waals surface area contributed by atoms with Gasteiger partial charge in [0.25, 0.3) is 0 Å². The first-order valence-electron chi connectivity index (χ1n) is 5.94. The van der Waals surface area contributed by atoms with Crippen molar-refractivity contribution in [2.75, 3.05) is 0 Å². The Morgan fingerprint density at radius 2 is 1.88 bits per heavy atom. The van der Waals surface area contributed by atoms with E-state index in [0.29, 0.717) is 12.3 Å². The minimum absolute atomic E-state index is 0.0336. The summed E-state index contributed by atoms with van der Waals surface area (Å²) in [4.78, 5) is 21.9. The number of ether oxygens (including phenoxy) is 3. The second-order valence-corrected chi connectivity index (χ2v) is 4.42. The van der Waals surface area contributed by atoms with Gasteiger partial charge in [0.15, 0.2) is 6.10 Å². The van der Waals surface area contributed by atoms with Crippen LogP contribution in [0.25, 0.3) is 0 Å². The highest BCUT2D eigenvalue weighted by molar-refractivity contribution is 5.67. The first-order chi connectivity index (χ1) is 7.93. The smallest absolute Gasteiger partial charge is 0.305 e. The summed E-state index contributed by atoms with van der Waals surface area (Å²) in [5.41, 5.74) is 0. The van der Waals surface area contributed by atoms with Crippen LogP contribution in [0.5, 0.6) is 0 Å². The fourth-order valence-corrected chi connectivity index (χ4v) is 1.87. The Morgan fingerprint density at radius 3 is 2.35 bits per heavy atom. The van der Waals surface area contributed by atoms with E-state index in [1.807, 2.05) is 0 Å². The van der Waals surface area contributed by atoms with E-state index in [0.717, 1.165) is 6.42 Å². The zero-order valence-electron chi connectivity index (χ0n) is 10.8. The molecule has 0 aromatic rings. The summed E-state index contributed by atoms with van der Waals surface area (Å²) in [6.45, 7) is 6.77. The summed E-state index contributed by atoms with van der Waals surface area (Å²) in [7, 11) is 0. The number of hydrogen-bond donors (Lipinski definition) is 0. The van der Waals surface area contributed by atoms with Crippen LogP contribution in [0.1, 0.15) is 40.5 Å². The summed E-state index contributed by atoms with van der Waals surface area (Å²) in [5, 5.41) is 0. The van der Waals surface area contributed by atoms with Gasteiger partial charge in [0.2, 0.25) is 6.29 Å². The molecule has 1 fully saturated rings. The summed E-state index contributed by atoms with van der Waals surface area (Å²) < 4.78 is 15.7. The van der Waals surface area contributed by atoms with E-state index in [-0.39, 0.29) is 12.1 Å². The zero-order valence-corrected chi connectivity index (χ0v) is 10.8. The van der Waals surface area contributed by atoms with Gasteiger partial charge in [-0.1, -0.05) is 20.3 Å². The molecule has 0 bridgehead atoms. The predicted molar refractivity (Wildman–Crippen MR) is 60.1 cm³/mol. The van der Waals surface area contributed by atoms with Crippen molar-refractivity contribution in [2.45, 2.75) is 59.0 Å². The van der Waals surface area contributed by atoms with Gasteiger partial charge >= 0.3 is 11.9 Å². The number of hydrogen-bond acceptors (Lipinski definition) is 5. The molecule has 0 aromatic carbocycles. The molecular weight excluding hydrogens is 224 g/mol. The molecule has 0 saturated carbocycles. The van der Waals surface area contributed by atoms with Crippen molar-refractivity contribution in [3.05, 3.63) is 0 Å². The lowest BCUT2D eigenvalue weighted by atomic mass is 9.99. The Balaban J connectivity index is 2.64. The molecule has 0 amide bonds. The lowest BCUT2D eigenvalue weighted by Gasteiger charge is -2.18. The molecule has 4 atom stereocenters. The highest BCUT2D eigenvalue weighted by atomic mass is 16.7. The molecule has 17 heavy (non-hydrogen) atoms. The largest absolute Gasteiger partial charge is 0.456 e. The SMILES string of the molecule is CC[C@H](C)[C@@H]1C[C@@H](OC(C)=O)[C@H](OC(C)=O)O1. The average molecular weight is 244 g/mol. The molecular formula is C12H20O5. The van der Waals surface area contributed by atoms with Gasteiger partial charge in [-0.25, -0.2) is 0 Å². The second-order valence-electron chi connectivity index (χ2n) is 4.42. The molecule has 1 heterocycles. The van der Waals surface area contributed by atoms with E-state index < -0.39 is 18.4 Å². The first kappa shape index (κ1) is 14.0. The normalized spacial score (nSPS) is 29.8. The van der Waals surface area contributed by atoms with Crippen LogP contribution in [0, 0.1) is 5.92 Å². The minimum Gasteiger partial charge on any atom is -0.456 e. The lowest BCUT2D eigenvalue weighted by molar-refractivity contribution is -0.196. The van der Waals surface area contributed by atoms with E-state index in [4.69, 9.17) is 14.2 Å². The molecule has 0 radical (unpaired) electrons. The molecule has 0 spiro atoms. The molecule has 1 aliphatic heterocycles. The van der Waals surface area contributed by atoms with Gasteiger partial charge < -0.3 is 14.2 Å². The standard InChI is InChI=1S/C12H20O5/c1-5-7(2)10-6-11(15-8(3)13)12(17-10)16-9(4)14/h7,10-12H,5-6H2,1-4H3/t7-,10-,11+,12+/m0/s1. The zero-order chi connectivity index (χ0) is 13.0. The summed E-state index contributed by atoms with van der Waals surface area (Å²) in [5.74, 6) is -0.480. The maximum absolute atomic E-state index is 11.0. The maximum Gasteiger partial charge on any atom is 0.305 e. The summed E-state index contributed by atoms with van der Waals surface area (Å²) in [6, 6.07) is 0. The Labute approximate surface area is 101 Å². The number of esters is 2. The highest BCUT2D eigenvalue weighted by Gasteiger charge is 2.41. The minimum atomic E-state index is -0.768. The third-order valence-corrected chi connectivity index (χ3v) is 2.96. The van der Waals surface area contributed by atoms with E-state index in [9.17, 15) is 9.59 Å². The molecule has 0 aliphatic carbocycles. The quantitative estimate of drug-likeness (QED) is 0.703. The van der Waals surface area contributed by atoms with E-state index in [1.165, 1.54) is 13.8 Å². The van der Waals surface area contributed by atoms with Gasteiger partial charge in [0.05, 0.1) is 6.10 Å². The lowest BCUT2D eigenvalue weighted by Crippen LogP contribution is -2.30. The molecule has 1 saturated heterocycles. The van der Waals surface area contributed by atoms with Gasteiger partial charge in [-0.05, 0) is 5.92 Å². The van der Waals surface area contributed by atoms with Crippen LogP contribution in [-0.2, 0) is 23.8 Å². The van der Waals surface area contributed by atoms with E-state index in [1.54, 1.807) is 0 Å². The predicted octanol–water partition coefficient (Wildman–Crippen LogP) is 1.64. The Morgan fingerprint density at radius 1 is 1.29 bits per heavy atom. The highest BCUT2D eigenvalue weighted by Crippen LogP contribution is 2.30.